The fourth-order valence-corrected chi connectivity index (χ4v) is 1.15. The predicted molar refractivity (Wildman–Crippen MR) is 54.8 cm³/mol. The summed E-state index contributed by atoms with van der Waals surface area (Å²) in [5, 5.41) is 0. The molecule has 1 unspecified atom stereocenters. The van der Waals surface area contributed by atoms with Gasteiger partial charge >= 0.3 is 0 Å². The molecule has 0 aliphatic carbocycles. The van der Waals surface area contributed by atoms with Crippen LogP contribution in [0.5, 0.6) is 0 Å². The smallest absolute Gasteiger partial charge is 0.164 e. The molecule has 0 fully saturated rings. The summed E-state index contributed by atoms with van der Waals surface area (Å²) in [6.07, 6.45) is 1.68. The van der Waals surface area contributed by atoms with Gasteiger partial charge < -0.3 is 4.74 Å². The van der Waals surface area contributed by atoms with Crippen LogP contribution in [-0.2, 0) is 9.53 Å². The van der Waals surface area contributed by atoms with Crippen molar-refractivity contribution in [3.8, 4) is 0 Å². The van der Waals surface area contributed by atoms with Crippen LogP contribution in [0, 0.1) is 5.92 Å². The quantitative estimate of drug-likeness (QED) is 0.637. The molecule has 0 saturated carbocycles. The first-order valence-electron chi connectivity index (χ1n) is 5.11. The van der Waals surface area contributed by atoms with Crippen LogP contribution in [0.4, 0.5) is 0 Å². The van der Waals surface area contributed by atoms with Crippen molar-refractivity contribution < 1.29 is 9.53 Å². The molecule has 0 spiro atoms. The van der Waals surface area contributed by atoms with Crippen LogP contribution in [0.25, 0.3) is 0 Å². The lowest BCUT2D eigenvalue weighted by atomic mass is 9.93. The van der Waals surface area contributed by atoms with Crippen molar-refractivity contribution in [1.29, 1.82) is 0 Å². The molecule has 0 N–H and O–H groups in total. The van der Waals surface area contributed by atoms with Crippen molar-refractivity contribution in [3.63, 3.8) is 0 Å². The van der Waals surface area contributed by atoms with Crippen LogP contribution in [0.1, 0.15) is 47.5 Å². The summed E-state index contributed by atoms with van der Waals surface area (Å²) >= 11 is 0. The molecule has 13 heavy (non-hydrogen) atoms. The molecule has 0 aromatic heterocycles. The van der Waals surface area contributed by atoms with E-state index < -0.39 is 5.60 Å². The van der Waals surface area contributed by atoms with E-state index in [1.54, 1.807) is 0 Å². The number of hydrogen-bond acceptors (Lipinski definition) is 2. The molecule has 0 rings (SSSR count). The Morgan fingerprint density at radius 2 is 1.92 bits per heavy atom. The van der Waals surface area contributed by atoms with Crippen molar-refractivity contribution in [3.05, 3.63) is 0 Å². The summed E-state index contributed by atoms with van der Waals surface area (Å²) in [4.78, 5) is 11.7. The van der Waals surface area contributed by atoms with Crippen molar-refractivity contribution >= 4 is 5.78 Å². The average Bonchev–Trinajstić information content (AvgIpc) is 2.04. The van der Waals surface area contributed by atoms with Crippen molar-refractivity contribution in [2.24, 2.45) is 5.92 Å². The van der Waals surface area contributed by atoms with Crippen LogP contribution in [-0.4, -0.2) is 18.0 Å². The van der Waals surface area contributed by atoms with Crippen LogP contribution < -0.4 is 0 Å². The van der Waals surface area contributed by atoms with E-state index in [0.29, 0.717) is 18.9 Å². The first kappa shape index (κ1) is 12.6. The highest BCUT2D eigenvalue weighted by molar-refractivity contribution is 5.86. The minimum Gasteiger partial charge on any atom is -0.368 e. The van der Waals surface area contributed by atoms with Crippen LogP contribution in [0.3, 0.4) is 0 Å². The average molecular weight is 186 g/mol. The molecule has 2 nitrogen and oxygen atoms in total. The van der Waals surface area contributed by atoms with Crippen molar-refractivity contribution in [2.75, 3.05) is 6.61 Å². The highest BCUT2D eigenvalue weighted by Gasteiger charge is 2.28. The van der Waals surface area contributed by atoms with Gasteiger partial charge in [0, 0.05) is 13.0 Å². The molecule has 0 amide bonds. The molecule has 0 aromatic carbocycles. The maximum atomic E-state index is 11.7. The fourth-order valence-electron chi connectivity index (χ4n) is 1.15. The highest BCUT2D eigenvalue weighted by Crippen LogP contribution is 2.17. The van der Waals surface area contributed by atoms with E-state index in [0.717, 1.165) is 6.42 Å². The number of Topliss-reactive ketones (excluding diaryl/α,β-unsaturated/α-hetero) is 1. The van der Waals surface area contributed by atoms with Gasteiger partial charge in [-0.1, -0.05) is 20.3 Å². The summed E-state index contributed by atoms with van der Waals surface area (Å²) in [5.41, 5.74) is -0.599. The zero-order valence-corrected chi connectivity index (χ0v) is 9.52. The molecule has 0 aliphatic rings. The third-order valence-corrected chi connectivity index (χ3v) is 2.41. The van der Waals surface area contributed by atoms with E-state index in [1.807, 2.05) is 20.8 Å². The molecule has 0 bridgehead atoms. The molecular weight excluding hydrogens is 164 g/mol. The Hall–Kier alpha value is -0.370. The van der Waals surface area contributed by atoms with Gasteiger partial charge in [-0.25, -0.2) is 0 Å². The molecule has 0 heterocycles. The van der Waals surface area contributed by atoms with Gasteiger partial charge in [0.1, 0.15) is 5.60 Å². The summed E-state index contributed by atoms with van der Waals surface area (Å²) in [6.45, 7) is 10.4. The number of hydrogen-bond donors (Lipinski definition) is 0. The minimum absolute atomic E-state index is 0.212. The maximum absolute atomic E-state index is 11.7. The van der Waals surface area contributed by atoms with E-state index >= 15 is 0 Å². The summed E-state index contributed by atoms with van der Waals surface area (Å²) in [7, 11) is 0. The molecule has 0 radical (unpaired) electrons. The molecule has 78 valence electrons. The molecular formula is C11H22O2. The Labute approximate surface area is 81.7 Å². The summed E-state index contributed by atoms with van der Waals surface area (Å²) < 4.78 is 5.39. The Morgan fingerprint density at radius 1 is 1.38 bits per heavy atom. The molecule has 0 saturated heterocycles. The third kappa shape index (κ3) is 4.41. The second-order valence-electron chi connectivity index (χ2n) is 4.08. The van der Waals surface area contributed by atoms with Crippen LogP contribution in [0.15, 0.2) is 0 Å². The number of rotatable bonds is 6. The van der Waals surface area contributed by atoms with Gasteiger partial charge in [-0.3, -0.25) is 4.79 Å². The second kappa shape index (κ2) is 5.38. The molecule has 2 heteroatoms. The lowest BCUT2D eigenvalue weighted by molar-refractivity contribution is -0.140. The van der Waals surface area contributed by atoms with Gasteiger partial charge in [0.2, 0.25) is 0 Å². The number of carbonyl (C=O) groups is 1. The van der Waals surface area contributed by atoms with Gasteiger partial charge in [-0.05, 0) is 26.7 Å². The molecule has 0 aliphatic heterocycles. The Bertz CT molecular complexity index is 161. The Kier molecular flexibility index (Phi) is 5.23. The molecule has 1 atom stereocenters. The number of ketones is 1. The monoisotopic (exact) mass is 186 g/mol. The number of ether oxygens (including phenoxy) is 1. The lowest BCUT2D eigenvalue weighted by Crippen LogP contribution is -2.35. The summed E-state index contributed by atoms with van der Waals surface area (Å²) in [6, 6.07) is 0. The van der Waals surface area contributed by atoms with Crippen molar-refractivity contribution in [2.45, 2.75) is 53.1 Å². The predicted octanol–water partition coefficient (Wildman–Crippen LogP) is 2.81. The molecule has 0 aromatic rings. The Morgan fingerprint density at radius 3 is 2.31 bits per heavy atom. The fraction of sp³-hybridized carbons (Fsp3) is 0.909. The maximum Gasteiger partial charge on any atom is 0.164 e. The summed E-state index contributed by atoms with van der Waals surface area (Å²) in [5.74, 6) is 0.677. The first-order chi connectivity index (χ1) is 5.94. The van der Waals surface area contributed by atoms with E-state index in [-0.39, 0.29) is 5.78 Å². The zero-order chi connectivity index (χ0) is 10.5. The van der Waals surface area contributed by atoms with E-state index in [1.165, 1.54) is 0 Å². The third-order valence-electron chi connectivity index (χ3n) is 2.41. The van der Waals surface area contributed by atoms with E-state index in [9.17, 15) is 4.79 Å². The topological polar surface area (TPSA) is 26.3 Å². The normalized spacial score (nSPS) is 14.2. The zero-order valence-electron chi connectivity index (χ0n) is 9.52. The van der Waals surface area contributed by atoms with E-state index in [4.69, 9.17) is 4.74 Å². The first-order valence-corrected chi connectivity index (χ1v) is 5.11. The van der Waals surface area contributed by atoms with E-state index in [2.05, 4.69) is 13.8 Å². The van der Waals surface area contributed by atoms with Crippen molar-refractivity contribution in [1.82, 2.24) is 0 Å². The minimum atomic E-state index is -0.599. The Balaban J connectivity index is 4.08. The standard InChI is InChI=1S/C11H22O2/c1-6-9(3)8-10(12)11(4,5)13-7-2/h9H,6-8H2,1-5H3. The largest absolute Gasteiger partial charge is 0.368 e. The SMILES string of the molecule is CCOC(C)(C)C(=O)CC(C)CC. The van der Waals surface area contributed by atoms with Gasteiger partial charge in [0.25, 0.3) is 0 Å². The van der Waals surface area contributed by atoms with Gasteiger partial charge in [-0.2, -0.15) is 0 Å². The van der Waals surface area contributed by atoms with Crippen LogP contribution >= 0.6 is 0 Å². The van der Waals surface area contributed by atoms with Gasteiger partial charge in [-0.15, -0.1) is 0 Å². The highest BCUT2D eigenvalue weighted by atomic mass is 16.5. The van der Waals surface area contributed by atoms with Crippen LogP contribution in [0.2, 0.25) is 0 Å². The van der Waals surface area contributed by atoms with Gasteiger partial charge in [0.05, 0.1) is 0 Å². The lowest BCUT2D eigenvalue weighted by Gasteiger charge is -2.24. The second-order valence-corrected chi connectivity index (χ2v) is 4.08. The van der Waals surface area contributed by atoms with Gasteiger partial charge in [0.15, 0.2) is 5.78 Å². The number of carbonyl (C=O) groups excluding carboxylic acids is 1.